The fourth-order valence-corrected chi connectivity index (χ4v) is 6.37. The number of aryl methyl sites for hydroxylation is 1. The molecule has 1 aromatic carbocycles. The summed E-state index contributed by atoms with van der Waals surface area (Å²) in [6, 6.07) is 1.82. The zero-order chi connectivity index (χ0) is 24.9. The number of anilines is 1. The highest BCUT2D eigenvalue weighted by Crippen LogP contribution is 2.39. The number of hydrogen-bond acceptors (Lipinski definition) is 5. The summed E-state index contributed by atoms with van der Waals surface area (Å²) in [5.41, 5.74) is -0.235. The number of nitrogens with zero attached hydrogens (tertiary/aromatic N) is 4. The quantitative estimate of drug-likeness (QED) is 0.376. The topological polar surface area (TPSA) is 58.6 Å². The molecule has 190 valence electrons. The molecular weight excluding hydrogens is 535 g/mol. The van der Waals surface area contributed by atoms with Gasteiger partial charge < -0.3 is 9.64 Å². The van der Waals surface area contributed by atoms with E-state index in [4.69, 9.17) is 21.3 Å². The molecule has 3 fully saturated rings. The van der Waals surface area contributed by atoms with Crippen molar-refractivity contribution in [3.8, 4) is 0 Å². The van der Waals surface area contributed by atoms with Crippen LogP contribution in [-0.2, 0) is 11.2 Å². The Morgan fingerprint density at radius 2 is 1.83 bits per heavy atom. The van der Waals surface area contributed by atoms with E-state index >= 15 is 4.39 Å². The number of rotatable bonds is 4. The van der Waals surface area contributed by atoms with Crippen molar-refractivity contribution in [2.24, 2.45) is 5.92 Å². The summed E-state index contributed by atoms with van der Waals surface area (Å²) in [4.78, 5) is 26.6. The SMILES string of the molecule is CC(C)(C)OC(=O)N1C2CCC1CN(c1nc(CCC3CCCC3)nc3c(F)c(Br)c(Cl)cc13)C2. The molecule has 1 aromatic heterocycles. The predicted molar refractivity (Wildman–Crippen MR) is 140 cm³/mol. The van der Waals surface area contributed by atoms with Crippen LogP contribution in [0.1, 0.15) is 71.5 Å². The number of carbonyl (C=O) groups excluding carboxylic acids is 1. The average Bonchev–Trinajstić information content (AvgIpc) is 3.40. The van der Waals surface area contributed by atoms with E-state index in [-0.39, 0.29) is 22.6 Å². The second-order valence-electron chi connectivity index (χ2n) is 11.2. The first-order chi connectivity index (χ1) is 16.6. The van der Waals surface area contributed by atoms with Crippen molar-refractivity contribution < 1.29 is 13.9 Å². The third-order valence-corrected chi connectivity index (χ3v) is 8.79. The summed E-state index contributed by atoms with van der Waals surface area (Å²) < 4.78 is 21.2. The van der Waals surface area contributed by atoms with Crippen LogP contribution < -0.4 is 4.90 Å². The Labute approximate surface area is 219 Å². The average molecular weight is 568 g/mol. The molecule has 9 heteroatoms. The minimum absolute atomic E-state index is 0.0336. The van der Waals surface area contributed by atoms with Crippen LogP contribution in [-0.4, -0.2) is 51.7 Å². The van der Waals surface area contributed by atoms with Gasteiger partial charge in [0.25, 0.3) is 0 Å². The molecule has 2 atom stereocenters. The standard InChI is InChI=1S/C26H33BrClFN4O2/c1-26(2,3)35-25(34)33-16-9-10-17(33)14-32(13-16)24-18-12-19(28)21(27)22(29)23(18)30-20(31-24)11-8-15-6-4-5-7-15/h12,15-17H,4-11,13-14H2,1-3H3. The second kappa shape index (κ2) is 9.66. The van der Waals surface area contributed by atoms with Crippen molar-refractivity contribution in [2.75, 3.05) is 18.0 Å². The van der Waals surface area contributed by atoms with E-state index in [0.717, 1.165) is 25.7 Å². The zero-order valence-corrected chi connectivity index (χ0v) is 23.0. The van der Waals surface area contributed by atoms with Crippen LogP contribution in [0.3, 0.4) is 0 Å². The molecule has 2 aromatic rings. The highest BCUT2D eigenvalue weighted by Gasteiger charge is 2.45. The lowest BCUT2D eigenvalue weighted by Gasteiger charge is -2.42. The van der Waals surface area contributed by atoms with Crippen LogP contribution in [0.25, 0.3) is 10.9 Å². The summed E-state index contributed by atoms with van der Waals surface area (Å²) in [6.07, 6.45) is 8.43. The van der Waals surface area contributed by atoms with Gasteiger partial charge in [-0.3, -0.25) is 4.90 Å². The van der Waals surface area contributed by atoms with Crippen molar-refractivity contribution in [3.63, 3.8) is 0 Å². The Morgan fingerprint density at radius 3 is 2.46 bits per heavy atom. The van der Waals surface area contributed by atoms with E-state index in [1.807, 2.05) is 25.7 Å². The molecule has 1 amide bonds. The van der Waals surface area contributed by atoms with E-state index in [2.05, 4.69) is 25.8 Å². The molecule has 3 aliphatic rings. The molecular formula is C26H33BrClFN4O2. The van der Waals surface area contributed by atoms with E-state index in [1.165, 1.54) is 25.7 Å². The molecule has 0 radical (unpaired) electrons. The van der Waals surface area contributed by atoms with Gasteiger partial charge >= 0.3 is 6.09 Å². The fourth-order valence-electron chi connectivity index (χ4n) is 5.88. The van der Waals surface area contributed by atoms with Gasteiger partial charge in [0, 0.05) is 24.9 Å². The Hall–Kier alpha value is -1.67. The van der Waals surface area contributed by atoms with E-state index in [9.17, 15) is 4.79 Å². The number of piperazine rings is 1. The number of fused-ring (bicyclic) bond motifs is 3. The summed E-state index contributed by atoms with van der Waals surface area (Å²) in [5.74, 6) is 1.64. The number of aromatic nitrogens is 2. The minimum Gasteiger partial charge on any atom is -0.444 e. The number of benzene rings is 1. The number of hydrogen-bond donors (Lipinski definition) is 0. The third-order valence-electron chi connectivity index (χ3n) is 7.49. The first kappa shape index (κ1) is 25.0. The first-order valence-corrected chi connectivity index (χ1v) is 13.9. The van der Waals surface area contributed by atoms with Gasteiger partial charge in [0.2, 0.25) is 0 Å². The maximum Gasteiger partial charge on any atom is 0.410 e. The van der Waals surface area contributed by atoms with Crippen molar-refractivity contribution in [2.45, 2.75) is 89.8 Å². The van der Waals surface area contributed by atoms with E-state index < -0.39 is 11.4 Å². The van der Waals surface area contributed by atoms with Crippen molar-refractivity contribution in [1.82, 2.24) is 14.9 Å². The molecule has 35 heavy (non-hydrogen) atoms. The van der Waals surface area contributed by atoms with Crippen molar-refractivity contribution in [1.29, 1.82) is 0 Å². The molecule has 0 N–H and O–H groups in total. The van der Waals surface area contributed by atoms with Crippen LogP contribution in [0.5, 0.6) is 0 Å². The summed E-state index contributed by atoms with van der Waals surface area (Å²) in [7, 11) is 0. The smallest absolute Gasteiger partial charge is 0.410 e. The molecule has 1 aliphatic carbocycles. The van der Waals surface area contributed by atoms with Gasteiger partial charge in [-0.2, -0.15) is 0 Å². The minimum atomic E-state index is -0.535. The van der Waals surface area contributed by atoms with Gasteiger partial charge in [-0.1, -0.05) is 37.3 Å². The van der Waals surface area contributed by atoms with Gasteiger partial charge in [0.15, 0.2) is 5.82 Å². The highest BCUT2D eigenvalue weighted by atomic mass is 79.9. The summed E-state index contributed by atoms with van der Waals surface area (Å²) >= 11 is 9.63. The van der Waals surface area contributed by atoms with Crippen LogP contribution in [0.4, 0.5) is 15.0 Å². The van der Waals surface area contributed by atoms with Crippen LogP contribution in [0, 0.1) is 11.7 Å². The molecule has 2 saturated heterocycles. The molecule has 3 heterocycles. The predicted octanol–water partition coefficient (Wildman–Crippen LogP) is 6.90. The van der Waals surface area contributed by atoms with Crippen molar-refractivity contribution in [3.05, 3.63) is 27.2 Å². The molecule has 0 spiro atoms. The van der Waals surface area contributed by atoms with Gasteiger partial charge in [0.1, 0.15) is 22.8 Å². The summed E-state index contributed by atoms with van der Waals surface area (Å²) in [6.45, 7) is 6.91. The Bertz CT molecular complexity index is 1120. The van der Waals surface area contributed by atoms with Crippen LogP contribution in [0.2, 0.25) is 5.02 Å². The van der Waals surface area contributed by atoms with Gasteiger partial charge in [-0.05, 0) is 67.9 Å². The largest absolute Gasteiger partial charge is 0.444 e. The third kappa shape index (κ3) is 5.10. The van der Waals surface area contributed by atoms with E-state index in [0.29, 0.717) is 46.6 Å². The fraction of sp³-hybridized carbons (Fsp3) is 0.654. The molecule has 1 saturated carbocycles. The Balaban J connectivity index is 1.46. The maximum atomic E-state index is 15.3. The molecule has 6 nitrogen and oxygen atoms in total. The number of carbonyl (C=O) groups is 1. The van der Waals surface area contributed by atoms with Crippen LogP contribution in [0.15, 0.2) is 10.5 Å². The lowest BCUT2D eigenvalue weighted by atomic mass is 10.0. The lowest BCUT2D eigenvalue weighted by molar-refractivity contribution is 0.0123. The molecule has 5 rings (SSSR count). The second-order valence-corrected chi connectivity index (χ2v) is 12.4. The number of halogens is 3. The highest BCUT2D eigenvalue weighted by molar-refractivity contribution is 9.10. The Kier molecular flexibility index (Phi) is 6.90. The number of ether oxygens (including phenoxy) is 1. The Morgan fingerprint density at radius 1 is 1.17 bits per heavy atom. The normalized spacial score (nSPS) is 22.9. The number of amides is 1. The maximum absolute atomic E-state index is 15.3. The van der Waals surface area contributed by atoms with Crippen LogP contribution >= 0.6 is 27.5 Å². The zero-order valence-electron chi connectivity index (χ0n) is 20.6. The first-order valence-electron chi connectivity index (χ1n) is 12.7. The molecule has 2 bridgehead atoms. The van der Waals surface area contributed by atoms with E-state index in [1.54, 1.807) is 6.07 Å². The van der Waals surface area contributed by atoms with Gasteiger partial charge in [-0.25, -0.2) is 19.2 Å². The monoisotopic (exact) mass is 566 g/mol. The molecule has 2 aliphatic heterocycles. The lowest BCUT2D eigenvalue weighted by Crippen LogP contribution is -2.57. The summed E-state index contributed by atoms with van der Waals surface area (Å²) in [5, 5.41) is 0.916. The van der Waals surface area contributed by atoms with Crippen molar-refractivity contribution >= 4 is 50.3 Å². The van der Waals surface area contributed by atoms with Gasteiger partial charge in [-0.15, -0.1) is 0 Å². The van der Waals surface area contributed by atoms with Gasteiger partial charge in [0.05, 0.1) is 21.6 Å². The molecule has 2 unspecified atom stereocenters.